The molecule has 0 saturated heterocycles. The van der Waals surface area contributed by atoms with Crippen molar-refractivity contribution in [2.45, 2.75) is 20.0 Å². The molecule has 0 fully saturated rings. The first-order chi connectivity index (χ1) is 10.7. The highest BCUT2D eigenvalue weighted by Crippen LogP contribution is 2.27. The summed E-state index contributed by atoms with van der Waals surface area (Å²) in [5.74, 6) is 1.79. The molecule has 0 spiro atoms. The topological polar surface area (TPSA) is 81.2 Å². The first kappa shape index (κ1) is 16.0. The Kier molecular flexibility index (Phi) is 5.91. The van der Waals surface area contributed by atoms with Gasteiger partial charge in [-0.2, -0.15) is 10.1 Å². The van der Waals surface area contributed by atoms with Gasteiger partial charge in [-0.3, -0.25) is 0 Å². The number of anilines is 3. The van der Waals surface area contributed by atoms with Crippen molar-refractivity contribution in [3.8, 4) is 5.75 Å². The Balaban J connectivity index is 2.09. The third-order valence-electron chi connectivity index (χ3n) is 2.67. The fourth-order valence-corrected chi connectivity index (χ4v) is 1.77. The molecule has 0 saturated carbocycles. The predicted molar refractivity (Wildman–Crippen MR) is 85.7 cm³/mol. The Hall–Kier alpha value is -2.41. The molecule has 1 aromatic carbocycles. The van der Waals surface area contributed by atoms with Crippen molar-refractivity contribution >= 4 is 17.5 Å². The average Bonchev–Trinajstić information content (AvgIpc) is 2.49. The number of hydrogen-bond acceptors (Lipinski definition) is 7. The van der Waals surface area contributed by atoms with E-state index >= 15 is 0 Å². The molecule has 1 heterocycles. The van der Waals surface area contributed by atoms with Crippen LogP contribution in [0, 0.1) is 0 Å². The second-order valence-electron chi connectivity index (χ2n) is 4.87. The van der Waals surface area contributed by atoms with Gasteiger partial charge in [0.1, 0.15) is 5.75 Å². The third-order valence-corrected chi connectivity index (χ3v) is 2.67. The summed E-state index contributed by atoms with van der Waals surface area (Å²) < 4.78 is 10.7. The van der Waals surface area contributed by atoms with Crippen molar-refractivity contribution in [3.05, 3.63) is 30.5 Å². The third kappa shape index (κ3) is 4.85. The molecule has 0 aliphatic carbocycles. The van der Waals surface area contributed by atoms with Crippen LogP contribution in [-0.4, -0.2) is 41.5 Å². The number of para-hydroxylation sites is 2. The van der Waals surface area contributed by atoms with Crippen molar-refractivity contribution in [2.75, 3.05) is 30.9 Å². The summed E-state index contributed by atoms with van der Waals surface area (Å²) in [5, 5.41) is 14.2. The first-order valence-electron chi connectivity index (χ1n) is 7.14. The van der Waals surface area contributed by atoms with Gasteiger partial charge in [-0.15, -0.1) is 5.10 Å². The van der Waals surface area contributed by atoms with Crippen LogP contribution in [0.15, 0.2) is 30.5 Å². The number of benzene rings is 1. The Labute approximate surface area is 130 Å². The summed E-state index contributed by atoms with van der Waals surface area (Å²) in [6, 6.07) is 7.65. The zero-order chi connectivity index (χ0) is 15.8. The number of hydrogen-bond donors (Lipinski definition) is 2. The summed E-state index contributed by atoms with van der Waals surface area (Å²) in [6.07, 6.45) is 1.65. The lowest BCUT2D eigenvalue weighted by atomic mass is 10.3. The molecule has 0 aliphatic heterocycles. The Morgan fingerprint density at radius 1 is 1.23 bits per heavy atom. The number of methoxy groups -OCH3 is 1. The van der Waals surface area contributed by atoms with Crippen LogP contribution in [0.1, 0.15) is 13.8 Å². The molecule has 2 rings (SSSR count). The quantitative estimate of drug-likeness (QED) is 0.725. The van der Waals surface area contributed by atoms with Crippen LogP contribution in [0.2, 0.25) is 0 Å². The summed E-state index contributed by atoms with van der Waals surface area (Å²) >= 11 is 0. The predicted octanol–water partition coefficient (Wildman–Crippen LogP) is 2.46. The van der Waals surface area contributed by atoms with Gasteiger partial charge in [-0.05, 0) is 26.0 Å². The van der Waals surface area contributed by atoms with E-state index in [1.54, 1.807) is 13.3 Å². The van der Waals surface area contributed by atoms with Gasteiger partial charge in [0.05, 0.1) is 24.6 Å². The van der Waals surface area contributed by atoms with E-state index in [2.05, 4.69) is 25.8 Å². The van der Waals surface area contributed by atoms with Gasteiger partial charge in [-0.25, -0.2) is 0 Å². The smallest absolute Gasteiger partial charge is 0.249 e. The maximum Gasteiger partial charge on any atom is 0.249 e. The van der Waals surface area contributed by atoms with Gasteiger partial charge >= 0.3 is 0 Å². The van der Waals surface area contributed by atoms with E-state index in [9.17, 15) is 0 Å². The van der Waals surface area contributed by atoms with E-state index < -0.39 is 0 Å². The minimum absolute atomic E-state index is 0.0871. The molecule has 0 radical (unpaired) electrons. The minimum Gasteiger partial charge on any atom is -0.489 e. The Morgan fingerprint density at radius 3 is 2.82 bits per heavy atom. The molecular weight excluding hydrogens is 282 g/mol. The standard InChI is InChI=1S/C15H21N5O2/c1-11(2)22-13-7-5-4-6-12(13)18-15-19-14(10-17-20-15)16-8-9-21-3/h4-7,10-11H,8-9H2,1-3H3,(H2,16,18,19,20). The van der Waals surface area contributed by atoms with Crippen LogP contribution in [0.3, 0.4) is 0 Å². The highest BCUT2D eigenvalue weighted by Gasteiger charge is 2.07. The average molecular weight is 303 g/mol. The van der Waals surface area contributed by atoms with Crippen molar-refractivity contribution < 1.29 is 9.47 Å². The Morgan fingerprint density at radius 2 is 2.05 bits per heavy atom. The zero-order valence-electron chi connectivity index (χ0n) is 13.0. The van der Waals surface area contributed by atoms with Crippen LogP contribution in [0.25, 0.3) is 0 Å². The van der Waals surface area contributed by atoms with Gasteiger partial charge in [0.15, 0.2) is 5.82 Å². The number of aromatic nitrogens is 3. The van der Waals surface area contributed by atoms with Crippen LogP contribution in [0.4, 0.5) is 17.5 Å². The molecule has 22 heavy (non-hydrogen) atoms. The molecule has 7 nitrogen and oxygen atoms in total. The number of nitrogens with one attached hydrogen (secondary N) is 2. The highest BCUT2D eigenvalue weighted by atomic mass is 16.5. The van der Waals surface area contributed by atoms with Crippen LogP contribution >= 0.6 is 0 Å². The molecule has 7 heteroatoms. The summed E-state index contributed by atoms with van der Waals surface area (Å²) in [4.78, 5) is 4.35. The summed E-state index contributed by atoms with van der Waals surface area (Å²) in [5.41, 5.74) is 0.798. The zero-order valence-corrected chi connectivity index (χ0v) is 13.0. The number of ether oxygens (including phenoxy) is 2. The monoisotopic (exact) mass is 303 g/mol. The number of nitrogens with zero attached hydrogens (tertiary/aromatic N) is 3. The molecule has 1 aromatic heterocycles. The lowest BCUT2D eigenvalue weighted by molar-refractivity contribution is 0.210. The van der Waals surface area contributed by atoms with Crippen molar-refractivity contribution in [2.24, 2.45) is 0 Å². The van der Waals surface area contributed by atoms with E-state index in [1.165, 1.54) is 0 Å². The van der Waals surface area contributed by atoms with E-state index in [-0.39, 0.29) is 6.10 Å². The van der Waals surface area contributed by atoms with Gasteiger partial charge in [0, 0.05) is 13.7 Å². The highest BCUT2D eigenvalue weighted by molar-refractivity contribution is 5.62. The minimum atomic E-state index is 0.0871. The second-order valence-corrected chi connectivity index (χ2v) is 4.87. The fraction of sp³-hybridized carbons (Fsp3) is 0.400. The van der Waals surface area contributed by atoms with Gasteiger partial charge in [0.25, 0.3) is 0 Å². The van der Waals surface area contributed by atoms with Crippen LogP contribution < -0.4 is 15.4 Å². The first-order valence-corrected chi connectivity index (χ1v) is 7.14. The fourth-order valence-electron chi connectivity index (χ4n) is 1.77. The van der Waals surface area contributed by atoms with Gasteiger partial charge < -0.3 is 20.1 Å². The molecule has 0 aliphatic rings. The maximum absolute atomic E-state index is 5.76. The summed E-state index contributed by atoms with van der Waals surface area (Å²) in [6.45, 7) is 5.21. The molecule has 118 valence electrons. The molecule has 2 N–H and O–H groups in total. The van der Waals surface area contributed by atoms with Gasteiger partial charge in [-0.1, -0.05) is 12.1 Å². The molecule has 0 unspecified atom stereocenters. The normalized spacial score (nSPS) is 10.5. The van der Waals surface area contributed by atoms with E-state index in [1.807, 2.05) is 38.1 Å². The SMILES string of the molecule is COCCNc1cnnc(Nc2ccccc2OC(C)C)n1. The lowest BCUT2D eigenvalue weighted by Crippen LogP contribution is -2.11. The second kappa shape index (κ2) is 8.14. The molecule has 0 amide bonds. The molecular formula is C15H21N5O2. The van der Waals surface area contributed by atoms with E-state index in [4.69, 9.17) is 9.47 Å². The molecule has 2 aromatic rings. The van der Waals surface area contributed by atoms with Crippen LogP contribution in [-0.2, 0) is 4.74 Å². The van der Waals surface area contributed by atoms with Crippen LogP contribution in [0.5, 0.6) is 5.75 Å². The largest absolute Gasteiger partial charge is 0.489 e. The van der Waals surface area contributed by atoms with E-state index in [0.29, 0.717) is 24.9 Å². The maximum atomic E-state index is 5.76. The number of rotatable bonds is 8. The molecule has 0 bridgehead atoms. The van der Waals surface area contributed by atoms with Crippen molar-refractivity contribution in [1.82, 2.24) is 15.2 Å². The Bertz CT molecular complexity index is 592. The van der Waals surface area contributed by atoms with Crippen molar-refractivity contribution in [1.29, 1.82) is 0 Å². The molecule has 0 atom stereocenters. The van der Waals surface area contributed by atoms with Gasteiger partial charge in [0.2, 0.25) is 5.95 Å². The van der Waals surface area contributed by atoms with Crippen molar-refractivity contribution in [3.63, 3.8) is 0 Å². The lowest BCUT2D eigenvalue weighted by Gasteiger charge is -2.14. The summed E-state index contributed by atoms with van der Waals surface area (Å²) in [7, 11) is 1.65. The van der Waals surface area contributed by atoms with E-state index in [0.717, 1.165) is 11.4 Å².